The second-order valence-electron chi connectivity index (χ2n) is 8.17. The van der Waals surface area contributed by atoms with E-state index < -0.39 is 30.9 Å². The van der Waals surface area contributed by atoms with Gasteiger partial charge in [-0.05, 0) is 37.5 Å². The zero-order valence-electron chi connectivity index (χ0n) is 19.8. The fourth-order valence-corrected chi connectivity index (χ4v) is 5.55. The first-order valence-corrected chi connectivity index (χ1v) is 14.6. The van der Waals surface area contributed by atoms with Crippen LogP contribution in [0.25, 0.3) is 0 Å². The van der Waals surface area contributed by atoms with Crippen molar-refractivity contribution in [2.45, 2.75) is 108 Å². The first-order valence-electron chi connectivity index (χ1n) is 11.8. The Labute approximate surface area is 194 Å². The molecule has 0 spiro atoms. The summed E-state index contributed by atoms with van der Waals surface area (Å²) in [5.41, 5.74) is 0.121. The lowest BCUT2D eigenvalue weighted by Crippen LogP contribution is -2.12. The minimum atomic E-state index is -4.30. The van der Waals surface area contributed by atoms with E-state index in [9.17, 15) is 21.9 Å². The van der Waals surface area contributed by atoms with Crippen LogP contribution in [0, 0.1) is 6.92 Å². The Morgan fingerprint density at radius 2 is 1.12 bits per heavy atom. The van der Waals surface area contributed by atoms with Crippen molar-refractivity contribution < 1.29 is 30.3 Å². The molecule has 0 radical (unpaired) electrons. The Hall–Kier alpha value is -1.16. The van der Waals surface area contributed by atoms with E-state index in [1.54, 1.807) is 0 Å². The van der Waals surface area contributed by atoms with Crippen molar-refractivity contribution in [3.05, 3.63) is 17.7 Å². The van der Waals surface area contributed by atoms with E-state index >= 15 is 0 Å². The molecule has 32 heavy (non-hydrogen) atoms. The molecule has 186 valence electrons. The number of benzene rings is 1. The molecule has 0 aliphatic heterocycles. The highest BCUT2D eigenvalue weighted by Crippen LogP contribution is 2.32. The number of phenolic OH excluding ortho intramolecular Hbond substituents is 1. The molecule has 7 nitrogen and oxygen atoms in total. The van der Waals surface area contributed by atoms with Crippen molar-refractivity contribution in [2.75, 3.05) is 13.2 Å². The van der Waals surface area contributed by atoms with E-state index in [-0.39, 0.29) is 23.7 Å². The molecule has 0 aliphatic rings. The van der Waals surface area contributed by atoms with Crippen LogP contribution in [0.1, 0.15) is 96.5 Å². The second kappa shape index (κ2) is 14.9. The highest BCUT2D eigenvalue weighted by Gasteiger charge is 2.26. The number of aryl methyl sites for hydroxylation is 1. The van der Waals surface area contributed by atoms with E-state index in [1.807, 2.05) is 0 Å². The largest absolute Gasteiger partial charge is 0.506 e. The molecule has 0 saturated heterocycles. The maximum absolute atomic E-state index is 12.6. The lowest BCUT2D eigenvalue weighted by molar-refractivity contribution is 0.303. The summed E-state index contributed by atoms with van der Waals surface area (Å²) < 4.78 is 60.4. The summed E-state index contributed by atoms with van der Waals surface area (Å²) in [5, 5.41) is 10.2. The molecule has 1 aromatic rings. The summed E-state index contributed by atoms with van der Waals surface area (Å²) >= 11 is 0. The molecule has 1 rings (SSSR count). The van der Waals surface area contributed by atoms with Gasteiger partial charge in [0.25, 0.3) is 10.1 Å². The van der Waals surface area contributed by atoms with Crippen molar-refractivity contribution in [3.63, 3.8) is 0 Å². The molecule has 0 fully saturated rings. The second-order valence-corrected chi connectivity index (χ2v) is 11.4. The van der Waals surface area contributed by atoms with Gasteiger partial charge in [-0.25, -0.2) is 0 Å². The maximum atomic E-state index is 12.6. The van der Waals surface area contributed by atoms with Gasteiger partial charge < -0.3 is 5.11 Å². The van der Waals surface area contributed by atoms with Crippen molar-refractivity contribution in [1.29, 1.82) is 0 Å². The van der Waals surface area contributed by atoms with Crippen molar-refractivity contribution >= 4 is 20.2 Å². The number of hydrogen-bond donors (Lipinski definition) is 1. The molecule has 0 bridgehead atoms. The first kappa shape index (κ1) is 28.9. The summed E-state index contributed by atoms with van der Waals surface area (Å²) in [6, 6.07) is 2.12. The van der Waals surface area contributed by atoms with Crippen molar-refractivity contribution in [1.82, 2.24) is 0 Å². The molecule has 0 atom stereocenters. The summed E-state index contributed by atoms with van der Waals surface area (Å²) in [7, 11) is -8.45. The molecule has 0 unspecified atom stereocenters. The predicted octanol–water partition coefficient (Wildman–Crippen LogP) is 5.83. The minimum absolute atomic E-state index is 0.0154. The number of aromatic hydroxyl groups is 1. The lowest BCUT2D eigenvalue weighted by atomic mass is 10.1. The van der Waals surface area contributed by atoms with Crippen LogP contribution < -0.4 is 0 Å². The molecule has 0 heterocycles. The number of unbranched alkanes of at least 4 members (excludes halogenated alkanes) is 10. The van der Waals surface area contributed by atoms with Gasteiger partial charge >= 0.3 is 10.1 Å². The molecule has 0 amide bonds. The van der Waals surface area contributed by atoms with Crippen LogP contribution >= 0.6 is 0 Å². The van der Waals surface area contributed by atoms with E-state index in [4.69, 9.17) is 8.37 Å². The molecule has 1 aromatic carbocycles. The van der Waals surface area contributed by atoms with E-state index in [2.05, 4.69) is 13.8 Å². The first-order chi connectivity index (χ1) is 15.2. The van der Waals surface area contributed by atoms with Gasteiger partial charge in [-0.1, -0.05) is 78.1 Å². The van der Waals surface area contributed by atoms with Crippen LogP contribution in [-0.2, 0) is 28.6 Å². The van der Waals surface area contributed by atoms with E-state index in [1.165, 1.54) is 13.0 Å². The Morgan fingerprint density at radius 1 is 0.688 bits per heavy atom. The van der Waals surface area contributed by atoms with Gasteiger partial charge in [0, 0.05) is 0 Å². The summed E-state index contributed by atoms with van der Waals surface area (Å²) in [5.74, 6) is -0.511. The lowest BCUT2D eigenvalue weighted by Gasteiger charge is -2.12. The zero-order chi connectivity index (χ0) is 24.0. The molecule has 9 heteroatoms. The molecule has 0 aliphatic carbocycles. The molecule has 0 saturated carbocycles. The standard InChI is InChI=1S/C23H40O7S2/c1-4-6-8-10-12-14-16-29-31(25,26)21-18-20(3)23(24)22(19-21)32(27,28)30-17-15-13-11-9-7-5-2/h18-19,24H,4-17H2,1-3H3. The van der Waals surface area contributed by atoms with Crippen LogP contribution in [-0.4, -0.2) is 35.2 Å². The third-order valence-corrected chi connectivity index (χ3v) is 7.89. The van der Waals surface area contributed by atoms with Gasteiger partial charge in [-0.3, -0.25) is 8.37 Å². The topological polar surface area (TPSA) is 107 Å². The Kier molecular flexibility index (Phi) is 13.4. The van der Waals surface area contributed by atoms with Gasteiger partial charge in [0.1, 0.15) is 10.6 Å². The third kappa shape index (κ3) is 10.2. The van der Waals surface area contributed by atoms with Crippen LogP contribution in [0.4, 0.5) is 0 Å². The van der Waals surface area contributed by atoms with Gasteiger partial charge in [-0.2, -0.15) is 16.8 Å². The minimum Gasteiger partial charge on any atom is -0.506 e. The van der Waals surface area contributed by atoms with Gasteiger partial charge in [0.2, 0.25) is 0 Å². The highest BCUT2D eigenvalue weighted by molar-refractivity contribution is 7.87. The quantitative estimate of drug-likeness (QED) is 0.203. The molecular weight excluding hydrogens is 452 g/mol. The number of rotatable bonds is 18. The normalized spacial score (nSPS) is 12.3. The van der Waals surface area contributed by atoms with E-state index in [0.29, 0.717) is 12.8 Å². The molecule has 1 N–H and O–H groups in total. The van der Waals surface area contributed by atoms with Crippen molar-refractivity contribution in [3.8, 4) is 5.75 Å². The van der Waals surface area contributed by atoms with Crippen LogP contribution in [0.5, 0.6) is 5.75 Å². The fourth-order valence-electron chi connectivity index (χ4n) is 3.28. The smallest absolute Gasteiger partial charge is 0.300 e. The average Bonchev–Trinajstić information content (AvgIpc) is 2.74. The SMILES string of the molecule is CCCCCCCCOS(=O)(=O)c1cc(C)c(O)c(S(=O)(=O)OCCCCCCCC)c1. The summed E-state index contributed by atoms with van der Waals surface area (Å²) in [4.78, 5) is -0.856. The molecule has 0 aromatic heterocycles. The average molecular weight is 493 g/mol. The number of hydrogen-bond acceptors (Lipinski definition) is 7. The highest BCUT2D eigenvalue weighted by atomic mass is 32.2. The van der Waals surface area contributed by atoms with E-state index in [0.717, 1.165) is 70.3 Å². The monoisotopic (exact) mass is 492 g/mol. The maximum Gasteiger partial charge on any atom is 0.300 e. The van der Waals surface area contributed by atoms with Crippen LogP contribution in [0.3, 0.4) is 0 Å². The summed E-state index contributed by atoms with van der Waals surface area (Å²) in [6.07, 6.45) is 11.7. The Balaban J connectivity index is 2.75. The molecular formula is C23H40O7S2. The predicted molar refractivity (Wildman–Crippen MR) is 126 cm³/mol. The Bertz CT molecular complexity index is 878. The fraction of sp³-hybridized carbons (Fsp3) is 0.739. The van der Waals surface area contributed by atoms with Gasteiger partial charge in [-0.15, -0.1) is 0 Å². The number of phenols is 1. The third-order valence-electron chi connectivity index (χ3n) is 5.27. The zero-order valence-corrected chi connectivity index (χ0v) is 21.4. The van der Waals surface area contributed by atoms with Gasteiger partial charge in [0.05, 0.1) is 18.1 Å². The Morgan fingerprint density at radius 3 is 1.62 bits per heavy atom. The van der Waals surface area contributed by atoms with Crippen molar-refractivity contribution in [2.24, 2.45) is 0 Å². The summed E-state index contributed by atoms with van der Waals surface area (Å²) in [6.45, 7) is 5.71. The van der Waals surface area contributed by atoms with Crippen LogP contribution in [0.2, 0.25) is 0 Å². The van der Waals surface area contributed by atoms with Gasteiger partial charge in [0.15, 0.2) is 0 Å². The van der Waals surface area contributed by atoms with Crippen LogP contribution in [0.15, 0.2) is 21.9 Å².